The first-order valence-electron chi connectivity index (χ1n) is 4.69. The van der Waals surface area contributed by atoms with Crippen LogP contribution < -0.4 is 5.84 Å². The molecule has 0 radical (unpaired) electrons. The fourth-order valence-corrected chi connectivity index (χ4v) is 1.45. The Kier molecular flexibility index (Phi) is 2.78. The molecular weight excluding hydrogens is 188 g/mol. The number of nitrogens with zero attached hydrogens (tertiary/aromatic N) is 3. The van der Waals surface area contributed by atoms with Gasteiger partial charge in [-0.05, 0) is 17.2 Å². The van der Waals surface area contributed by atoms with E-state index in [1.807, 2.05) is 41.2 Å². The maximum Gasteiger partial charge on any atom is 0.0665 e. The third-order valence-electron chi connectivity index (χ3n) is 2.16. The van der Waals surface area contributed by atoms with Gasteiger partial charge in [0.2, 0.25) is 0 Å². The zero-order chi connectivity index (χ0) is 10.5. The van der Waals surface area contributed by atoms with E-state index < -0.39 is 0 Å². The zero-order valence-electron chi connectivity index (χ0n) is 8.24. The lowest BCUT2D eigenvalue weighted by Crippen LogP contribution is -2.03. The van der Waals surface area contributed by atoms with Crippen LogP contribution in [0.2, 0.25) is 0 Å². The molecule has 4 nitrogen and oxygen atoms in total. The lowest BCUT2D eigenvalue weighted by atomic mass is 10.1. The minimum absolute atomic E-state index is 0.731. The van der Waals surface area contributed by atoms with E-state index >= 15 is 0 Å². The largest absolute Gasteiger partial charge is 0.323 e. The minimum Gasteiger partial charge on any atom is -0.323 e. The van der Waals surface area contributed by atoms with Crippen LogP contribution in [-0.4, -0.2) is 16.0 Å². The van der Waals surface area contributed by atoms with Gasteiger partial charge in [0.1, 0.15) is 0 Å². The average molecular weight is 200 g/mol. The monoisotopic (exact) mass is 200 g/mol. The average Bonchev–Trinajstić information content (AvgIpc) is 2.74. The molecule has 0 aliphatic heterocycles. The molecule has 1 aromatic carbocycles. The molecule has 0 unspecified atom stereocenters. The van der Waals surface area contributed by atoms with Gasteiger partial charge in [0.05, 0.1) is 12.8 Å². The number of rotatable bonds is 3. The fourth-order valence-electron chi connectivity index (χ4n) is 1.45. The van der Waals surface area contributed by atoms with Crippen LogP contribution in [0.15, 0.2) is 47.8 Å². The van der Waals surface area contributed by atoms with Crippen molar-refractivity contribution in [1.29, 1.82) is 0 Å². The Labute approximate surface area is 88.0 Å². The molecular formula is C11H12N4. The number of hydrogen-bond donors (Lipinski definition) is 1. The van der Waals surface area contributed by atoms with Crippen molar-refractivity contribution >= 4 is 6.21 Å². The highest BCUT2D eigenvalue weighted by Crippen LogP contribution is 2.07. The van der Waals surface area contributed by atoms with E-state index in [1.165, 1.54) is 0 Å². The summed E-state index contributed by atoms with van der Waals surface area (Å²) in [4.78, 5) is 0. The molecule has 0 saturated carbocycles. The third-order valence-corrected chi connectivity index (χ3v) is 2.16. The highest BCUT2D eigenvalue weighted by molar-refractivity contribution is 5.81. The standard InChI is InChI=1S/C11H12N4/c12-13-8-10-4-1-2-5-11(10)9-15-7-3-6-14-15/h1-8H,9,12H2. The Morgan fingerprint density at radius 3 is 2.93 bits per heavy atom. The first-order valence-corrected chi connectivity index (χ1v) is 4.69. The second kappa shape index (κ2) is 4.41. The lowest BCUT2D eigenvalue weighted by molar-refractivity contribution is 0.686. The summed E-state index contributed by atoms with van der Waals surface area (Å²) < 4.78 is 1.86. The van der Waals surface area contributed by atoms with E-state index in [-0.39, 0.29) is 0 Å². The smallest absolute Gasteiger partial charge is 0.0665 e. The maximum atomic E-state index is 5.15. The molecule has 4 heteroatoms. The van der Waals surface area contributed by atoms with E-state index in [2.05, 4.69) is 10.2 Å². The Balaban J connectivity index is 2.27. The molecule has 15 heavy (non-hydrogen) atoms. The molecule has 0 fully saturated rings. The van der Waals surface area contributed by atoms with Gasteiger partial charge in [0.15, 0.2) is 0 Å². The van der Waals surface area contributed by atoms with Gasteiger partial charge in [-0.1, -0.05) is 24.3 Å². The quantitative estimate of drug-likeness (QED) is 0.460. The molecule has 2 aromatic rings. The van der Waals surface area contributed by atoms with Crippen molar-refractivity contribution in [2.45, 2.75) is 6.54 Å². The van der Waals surface area contributed by atoms with Gasteiger partial charge in [-0.3, -0.25) is 4.68 Å². The summed E-state index contributed by atoms with van der Waals surface area (Å²) in [6, 6.07) is 9.88. The molecule has 0 aliphatic carbocycles. The van der Waals surface area contributed by atoms with Crippen molar-refractivity contribution in [3.8, 4) is 0 Å². The van der Waals surface area contributed by atoms with Crippen molar-refractivity contribution in [1.82, 2.24) is 9.78 Å². The fraction of sp³-hybridized carbons (Fsp3) is 0.0909. The van der Waals surface area contributed by atoms with Gasteiger partial charge < -0.3 is 5.84 Å². The maximum absolute atomic E-state index is 5.15. The molecule has 2 rings (SSSR count). The molecule has 0 amide bonds. The highest BCUT2D eigenvalue weighted by Gasteiger charge is 1.99. The predicted octanol–water partition coefficient (Wildman–Crippen LogP) is 1.22. The van der Waals surface area contributed by atoms with Crippen LogP contribution in [0, 0.1) is 0 Å². The van der Waals surface area contributed by atoms with Gasteiger partial charge in [0.25, 0.3) is 0 Å². The van der Waals surface area contributed by atoms with E-state index in [4.69, 9.17) is 5.84 Å². The second-order valence-corrected chi connectivity index (χ2v) is 3.18. The number of aromatic nitrogens is 2. The predicted molar refractivity (Wildman–Crippen MR) is 59.6 cm³/mol. The zero-order valence-corrected chi connectivity index (χ0v) is 8.24. The summed E-state index contributed by atoms with van der Waals surface area (Å²) in [5, 5.41) is 7.69. The second-order valence-electron chi connectivity index (χ2n) is 3.18. The first kappa shape index (κ1) is 9.45. The first-order chi connectivity index (χ1) is 7.40. The molecule has 0 saturated heterocycles. The van der Waals surface area contributed by atoms with Crippen LogP contribution in [0.5, 0.6) is 0 Å². The summed E-state index contributed by atoms with van der Waals surface area (Å²) in [5.41, 5.74) is 2.17. The van der Waals surface area contributed by atoms with Crippen molar-refractivity contribution in [3.05, 3.63) is 53.9 Å². The molecule has 2 N–H and O–H groups in total. The van der Waals surface area contributed by atoms with Gasteiger partial charge in [-0.15, -0.1) is 0 Å². The summed E-state index contributed by atoms with van der Waals surface area (Å²) >= 11 is 0. The van der Waals surface area contributed by atoms with Crippen molar-refractivity contribution in [3.63, 3.8) is 0 Å². The van der Waals surface area contributed by atoms with E-state index in [0.717, 1.165) is 17.7 Å². The SMILES string of the molecule is NN=Cc1ccccc1Cn1cccn1. The normalized spacial score (nSPS) is 10.9. The third kappa shape index (κ3) is 2.22. The molecule has 76 valence electrons. The van der Waals surface area contributed by atoms with Gasteiger partial charge in [-0.2, -0.15) is 10.2 Å². The van der Waals surface area contributed by atoms with Crippen LogP contribution in [0.4, 0.5) is 0 Å². The van der Waals surface area contributed by atoms with Crippen molar-refractivity contribution in [2.75, 3.05) is 0 Å². The summed E-state index contributed by atoms with van der Waals surface area (Å²) in [6.45, 7) is 0.731. The highest BCUT2D eigenvalue weighted by atomic mass is 15.3. The van der Waals surface area contributed by atoms with Crippen LogP contribution >= 0.6 is 0 Å². The molecule has 1 heterocycles. The summed E-state index contributed by atoms with van der Waals surface area (Å²) in [6.07, 6.45) is 5.34. The molecule has 0 aliphatic rings. The van der Waals surface area contributed by atoms with Crippen LogP contribution in [0.3, 0.4) is 0 Å². The number of benzene rings is 1. The van der Waals surface area contributed by atoms with E-state index in [9.17, 15) is 0 Å². The van der Waals surface area contributed by atoms with E-state index in [1.54, 1.807) is 12.4 Å². The van der Waals surface area contributed by atoms with Gasteiger partial charge in [0, 0.05) is 12.4 Å². The van der Waals surface area contributed by atoms with Crippen molar-refractivity contribution < 1.29 is 0 Å². The van der Waals surface area contributed by atoms with Gasteiger partial charge >= 0.3 is 0 Å². The number of hydrogen-bond acceptors (Lipinski definition) is 3. The number of nitrogens with two attached hydrogens (primary N) is 1. The molecule has 0 bridgehead atoms. The van der Waals surface area contributed by atoms with Crippen LogP contribution in [0.1, 0.15) is 11.1 Å². The van der Waals surface area contributed by atoms with E-state index in [0.29, 0.717) is 0 Å². The minimum atomic E-state index is 0.731. The molecule has 0 spiro atoms. The topological polar surface area (TPSA) is 56.2 Å². The Morgan fingerprint density at radius 1 is 1.33 bits per heavy atom. The molecule has 1 aromatic heterocycles. The van der Waals surface area contributed by atoms with Crippen LogP contribution in [0.25, 0.3) is 0 Å². The van der Waals surface area contributed by atoms with Gasteiger partial charge in [-0.25, -0.2) is 0 Å². The molecule has 0 atom stereocenters. The summed E-state index contributed by atoms with van der Waals surface area (Å²) in [7, 11) is 0. The summed E-state index contributed by atoms with van der Waals surface area (Å²) in [5.74, 6) is 5.15. The Morgan fingerprint density at radius 2 is 2.20 bits per heavy atom. The number of hydrazone groups is 1. The lowest BCUT2D eigenvalue weighted by Gasteiger charge is -2.05. The Bertz CT molecular complexity index is 445. The van der Waals surface area contributed by atoms with Crippen LogP contribution in [-0.2, 0) is 6.54 Å². The Hall–Kier alpha value is -2.10. The van der Waals surface area contributed by atoms with Crippen molar-refractivity contribution in [2.24, 2.45) is 10.9 Å².